The van der Waals surface area contributed by atoms with E-state index in [1.807, 2.05) is 115 Å². The van der Waals surface area contributed by atoms with E-state index in [1.165, 1.54) is 0 Å². The second-order valence-corrected chi connectivity index (χ2v) is 10.3. The second-order valence-electron chi connectivity index (χ2n) is 7.89. The van der Waals surface area contributed by atoms with E-state index in [1.54, 1.807) is 12.1 Å². The van der Waals surface area contributed by atoms with Gasteiger partial charge in [0, 0.05) is 16.9 Å². The molecule has 0 fully saturated rings. The van der Waals surface area contributed by atoms with Crippen molar-refractivity contribution >= 4 is 44.8 Å². The minimum atomic E-state index is -3.37. The number of rotatable bonds is 6. The first-order valence-corrected chi connectivity index (χ1v) is 13.2. The van der Waals surface area contributed by atoms with Gasteiger partial charge in [0.15, 0.2) is 10.0 Å². The number of aliphatic imine (C=N–C) groups is 1. The zero-order valence-corrected chi connectivity index (χ0v) is 20.9. The smallest absolute Gasteiger partial charge is 0.269 e. The summed E-state index contributed by atoms with van der Waals surface area (Å²) < 4.78 is 23.8. The molecule has 0 saturated heterocycles. The van der Waals surface area contributed by atoms with Gasteiger partial charge in [-0.2, -0.15) is 4.55 Å². The lowest BCUT2D eigenvalue weighted by Gasteiger charge is -2.26. The highest BCUT2D eigenvalue weighted by Gasteiger charge is 2.29. The summed E-state index contributed by atoms with van der Waals surface area (Å²) in [6.07, 6.45) is 0. The molecule has 0 amide bonds. The Balaban J connectivity index is 1.67. The number of nitrogens with one attached hydrogen (secondary N) is 1. The van der Waals surface area contributed by atoms with Crippen molar-refractivity contribution in [3.8, 4) is 0 Å². The van der Waals surface area contributed by atoms with Crippen LogP contribution in [-0.4, -0.2) is 21.4 Å². The second kappa shape index (κ2) is 11.2. The molecule has 4 rings (SSSR count). The summed E-state index contributed by atoms with van der Waals surface area (Å²) in [7, 11) is -3.37. The normalized spacial score (nSPS) is 13.0. The molecule has 0 aliphatic rings. The molecule has 2 N–H and O–H groups in total. The number of aryl methyl sites for hydroxylation is 1. The van der Waals surface area contributed by atoms with Crippen LogP contribution < -0.4 is 10.2 Å². The molecule has 0 bridgehead atoms. The van der Waals surface area contributed by atoms with Crippen LogP contribution in [0, 0.1) is 6.92 Å². The summed E-state index contributed by atoms with van der Waals surface area (Å²) in [5.74, 6) is 0.119. The molecule has 0 radical (unpaired) electrons. The van der Waals surface area contributed by atoms with E-state index < -0.39 is 10.2 Å². The maximum Gasteiger partial charge on any atom is 0.269 e. The van der Waals surface area contributed by atoms with Crippen LogP contribution in [-0.2, 0) is 14.4 Å². The molecule has 4 aromatic carbocycles. The highest BCUT2D eigenvalue weighted by Crippen LogP contribution is 2.25. The van der Waals surface area contributed by atoms with Crippen molar-refractivity contribution < 1.29 is 8.76 Å². The van der Waals surface area contributed by atoms with Gasteiger partial charge < -0.3 is 5.32 Å². The van der Waals surface area contributed by atoms with Crippen molar-refractivity contribution in [2.24, 2.45) is 4.99 Å². The fraction of sp³-hybridized carbons (Fsp3) is 0.0714. The van der Waals surface area contributed by atoms with Crippen molar-refractivity contribution in [2.75, 3.05) is 10.8 Å². The van der Waals surface area contributed by atoms with Gasteiger partial charge in [0.25, 0.3) is 10.2 Å². The Morgan fingerprint density at radius 2 is 1.31 bits per heavy atom. The maximum absolute atomic E-state index is 13.1. The molecule has 0 heterocycles. The molecule has 0 saturated carbocycles. The number of nitrogens with zero attached hydrogens (tertiary/aromatic N) is 2. The van der Waals surface area contributed by atoms with Gasteiger partial charge in [-0.15, -0.1) is 0 Å². The third-order valence-corrected chi connectivity index (χ3v) is 7.06. The summed E-state index contributed by atoms with van der Waals surface area (Å²) in [4.78, 5) is 6.79. The van der Waals surface area contributed by atoms with Crippen LogP contribution >= 0.6 is 12.2 Å². The van der Waals surface area contributed by atoms with Gasteiger partial charge in [-0.1, -0.05) is 88.6 Å². The third-order valence-electron chi connectivity index (χ3n) is 5.29. The topological polar surface area (TPSA) is 64.9 Å². The quantitative estimate of drug-likeness (QED) is 0.138. The summed E-state index contributed by atoms with van der Waals surface area (Å²) >= 11 is 5.83. The Morgan fingerprint density at radius 3 is 1.83 bits per heavy atom. The van der Waals surface area contributed by atoms with E-state index in [2.05, 4.69) is 10.3 Å². The lowest BCUT2D eigenvalue weighted by molar-refractivity contribution is 0.497. The van der Waals surface area contributed by atoms with E-state index in [4.69, 9.17) is 12.2 Å². The van der Waals surface area contributed by atoms with Crippen LogP contribution in [0.15, 0.2) is 125 Å². The number of thiocarbonyl (C=S) groups is 1. The van der Waals surface area contributed by atoms with Crippen molar-refractivity contribution in [1.82, 2.24) is 5.32 Å². The number of anilines is 2. The molecule has 0 aromatic heterocycles. The van der Waals surface area contributed by atoms with Crippen LogP contribution in [0.25, 0.3) is 0 Å². The number of amidine groups is 1. The summed E-state index contributed by atoms with van der Waals surface area (Å²) in [6, 6.07) is 36.0. The Morgan fingerprint density at radius 1 is 0.829 bits per heavy atom. The van der Waals surface area contributed by atoms with Gasteiger partial charge in [-0.3, -0.25) is 4.90 Å². The summed E-state index contributed by atoms with van der Waals surface area (Å²) in [5, 5.41) is 3.63. The lowest BCUT2D eigenvalue weighted by Crippen LogP contribution is -2.41. The summed E-state index contributed by atoms with van der Waals surface area (Å²) in [5.41, 5.74) is 3.55. The van der Waals surface area contributed by atoms with Gasteiger partial charge in [0.1, 0.15) is 5.84 Å². The van der Waals surface area contributed by atoms with E-state index in [9.17, 15) is 8.76 Å². The van der Waals surface area contributed by atoms with E-state index in [-0.39, 0.29) is 5.88 Å². The van der Waals surface area contributed by atoms with Crippen molar-refractivity contribution in [1.29, 1.82) is 0 Å². The van der Waals surface area contributed by atoms with Crippen molar-refractivity contribution in [3.63, 3.8) is 0 Å². The molecule has 7 heteroatoms. The number of benzene rings is 4. The molecule has 5 nitrogen and oxygen atoms in total. The fourth-order valence-corrected chi connectivity index (χ4v) is 4.79. The summed E-state index contributed by atoms with van der Waals surface area (Å²) in [6.45, 7) is 1.94. The zero-order chi connectivity index (χ0) is 24.7. The average molecular weight is 501 g/mol. The Hall–Kier alpha value is -3.65. The molecular formula is C28H26N3O2S2+. The lowest BCUT2D eigenvalue weighted by atomic mass is 10.2. The fourth-order valence-electron chi connectivity index (χ4n) is 3.47. The van der Waals surface area contributed by atoms with Gasteiger partial charge in [0.05, 0.1) is 0 Å². The largest absolute Gasteiger partial charge is 0.316 e. The van der Waals surface area contributed by atoms with E-state index in [0.717, 1.165) is 22.5 Å². The average Bonchev–Trinajstić information content (AvgIpc) is 2.89. The predicted octanol–water partition coefficient (Wildman–Crippen LogP) is 6.44. The maximum atomic E-state index is 13.1. The van der Waals surface area contributed by atoms with Crippen LogP contribution in [0.4, 0.5) is 11.4 Å². The van der Waals surface area contributed by atoms with Gasteiger partial charge in [-0.25, -0.2) is 4.99 Å². The molecule has 35 heavy (non-hydrogen) atoms. The Labute approximate surface area is 212 Å². The van der Waals surface area contributed by atoms with Crippen molar-refractivity contribution in [3.05, 3.63) is 126 Å². The first kappa shape index (κ1) is 24.5. The highest BCUT2D eigenvalue weighted by atomic mass is 32.3. The van der Waals surface area contributed by atoms with E-state index in [0.29, 0.717) is 15.8 Å². The SMILES string of the molecule is Cc1ccc([S+](=O)(O)CN=C(NC(=S)N(c2ccccc2)c2ccccc2)c2ccccc2)cc1. The molecule has 0 aliphatic heterocycles. The van der Waals surface area contributed by atoms with Crippen molar-refractivity contribution in [2.45, 2.75) is 11.8 Å². The first-order valence-electron chi connectivity index (χ1n) is 11.1. The number of para-hydroxylation sites is 2. The molecule has 0 aliphatic carbocycles. The number of hydrogen-bond acceptors (Lipinski definition) is 3. The molecule has 1 atom stereocenters. The Bertz CT molecular complexity index is 1300. The molecule has 4 aromatic rings. The monoisotopic (exact) mass is 500 g/mol. The van der Waals surface area contributed by atoms with Gasteiger partial charge in [0.2, 0.25) is 5.88 Å². The van der Waals surface area contributed by atoms with Crippen LogP contribution in [0.5, 0.6) is 0 Å². The Kier molecular flexibility index (Phi) is 7.82. The van der Waals surface area contributed by atoms with Crippen LogP contribution in [0.2, 0.25) is 0 Å². The highest BCUT2D eigenvalue weighted by molar-refractivity contribution is 7.97. The molecule has 0 spiro atoms. The predicted molar refractivity (Wildman–Crippen MR) is 149 cm³/mol. The third kappa shape index (κ3) is 6.27. The van der Waals surface area contributed by atoms with Gasteiger partial charge in [-0.05, 0) is 55.5 Å². The minimum Gasteiger partial charge on any atom is -0.316 e. The number of hydrogen-bond donors (Lipinski definition) is 2. The minimum absolute atomic E-state index is 0.299. The molecule has 176 valence electrons. The zero-order valence-electron chi connectivity index (χ0n) is 19.2. The van der Waals surface area contributed by atoms with Crippen LogP contribution in [0.3, 0.4) is 0 Å². The first-order chi connectivity index (χ1) is 16.9. The molecule has 1 unspecified atom stereocenters. The van der Waals surface area contributed by atoms with E-state index >= 15 is 0 Å². The standard InChI is InChI=1S/C28H25N3O2S2/c1-22-17-19-26(20-18-22)35(32,33)21-29-27(23-11-5-2-6-12-23)30-28(34)31(24-13-7-3-8-14-24)25-15-9-4-10-16-25/h2-20H,21H2,1H3,(H-,29,30,32,33,34)/p+1. The molecular weight excluding hydrogens is 474 g/mol. The van der Waals surface area contributed by atoms with Gasteiger partial charge >= 0.3 is 0 Å². The van der Waals surface area contributed by atoms with Crippen LogP contribution in [0.1, 0.15) is 11.1 Å².